The highest BCUT2D eigenvalue weighted by atomic mass is 32.1. The van der Waals surface area contributed by atoms with Crippen LogP contribution in [0.5, 0.6) is 0 Å². The minimum absolute atomic E-state index is 0.0771. The molecule has 0 bridgehead atoms. The van der Waals surface area contributed by atoms with Gasteiger partial charge in [0.1, 0.15) is 5.82 Å². The van der Waals surface area contributed by atoms with E-state index >= 15 is 0 Å². The Morgan fingerprint density at radius 2 is 1.58 bits per heavy atom. The number of carbonyl (C=O) groups excluding carboxylic acids is 2. The molecule has 0 saturated carbocycles. The summed E-state index contributed by atoms with van der Waals surface area (Å²) in [5.41, 5.74) is 3.39. The number of hydrogen-bond acceptors (Lipinski definition) is 3. The molecular weight excluding hydrogens is 435 g/mol. The van der Waals surface area contributed by atoms with Crippen molar-refractivity contribution in [1.29, 1.82) is 0 Å². The lowest BCUT2D eigenvalue weighted by molar-refractivity contribution is -0.120. The summed E-state index contributed by atoms with van der Waals surface area (Å²) in [6, 6.07) is 27.0. The van der Waals surface area contributed by atoms with Crippen LogP contribution in [-0.4, -0.2) is 11.8 Å². The molecule has 1 heterocycles. The summed E-state index contributed by atoms with van der Waals surface area (Å²) < 4.78 is 13.0. The van der Waals surface area contributed by atoms with E-state index in [0.717, 1.165) is 22.4 Å². The summed E-state index contributed by atoms with van der Waals surface area (Å²) in [5.74, 6) is -0.526. The standard InChI is InChI=1S/C27H23FN2O2S/c28-23-13-11-20(12-14-23)18-29-26(31)17-22-8-4-9-24(16-22)30(19-21-6-2-1-3-7-21)27(32)25-10-5-15-33-25/h1-16H,17-19H2,(H,29,31). The van der Waals surface area contributed by atoms with Crippen LogP contribution < -0.4 is 10.2 Å². The van der Waals surface area contributed by atoms with Crippen LogP contribution in [-0.2, 0) is 24.3 Å². The summed E-state index contributed by atoms with van der Waals surface area (Å²) in [7, 11) is 0. The van der Waals surface area contributed by atoms with Crippen LogP contribution in [0.2, 0.25) is 0 Å². The molecule has 0 fully saturated rings. The average molecular weight is 459 g/mol. The molecular formula is C27H23FN2O2S. The maximum absolute atomic E-state index is 13.3. The van der Waals surface area contributed by atoms with Crippen molar-refractivity contribution in [1.82, 2.24) is 5.32 Å². The van der Waals surface area contributed by atoms with Crippen LogP contribution >= 0.6 is 11.3 Å². The molecule has 4 nitrogen and oxygen atoms in total. The molecule has 0 aliphatic rings. The van der Waals surface area contributed by atoms with Crippen LogP contribution in [0.4, 0.5) is 10.1 Å². The van der Waals surface area contributed by atoms with E-state index in [1.807, 2.05) is 72.1 Å². The predicted molar refractivity (Wildman–Crippen MR) is 130 cm³/mol. The molecule has 0 unspecified atom stereocenters. The highest BCUT2D eigenvalue weighted by molar-refractivity contribution is 7.12. The molecule has 2 amide bonds. The monoisotopic (exact) mass is 458 g/mol. The van der Waals surface area contributed by atoms with Crippen molar-refractivity contribution >= 4 is 28.8 Å². The number of thiophene rings is 1. The first-order valence-corrected chi connectivity index (χ1v) is 11.5. The summed E-state index contributed by atoms with van der Waals surface area (Å²) in [6.45, 7) is 0.758. The molecule has 6 heteroatoms. The van der Waals surface area contributed by atoms with Crippen molar-refractivity contribution in [3.63, 3.8) is 0 Å². The minimum Gasteiger partial charge on any atom is -0.352 e. The molecule has 0 saturated heterocycles. The Bertz CT molecular complexity index is 1210. The Kier molecular flexibility index (Phi) is 7.27. The van der Waals surface area contributed by atoms with Crippen LogP contribution in [0.15, 0.2) is 96.4 Å². The summed E-state index contributed by atoms with van der Waals surface area (Å²) >= 11 is 1.41. The lowest BCUT2D eigenvalue weighted by Gasteiger charge is -2.23. The van der Waals surface area contributed by atoms with Gasteiger partial charge in [-0.2, -0.15) is 0 Å². The first-order valence-electron chi connectivity index (χ1n) is 10.6. The van der Waals surface area contributed by atoms with E-state index in [1.54, 1.807) is 17.0 Å². The molecule has 1 aromatic heterocycles. The fraction of sp³-hybridized carbons (Fsp3) is 0.111. The van der Waals surface area contributed by atoms with Gasteiger partial charge in [0.05, 0.1) is 17.8 Å². The lowest BCUT2D eigenvalue weighted by Crippen LogP contribution is -2.30. The molecule has 0 spiro atoms. The van der Waals surface area contributed by atoms with Crippen molar-refractivity contribution in [2.24, 2.45) is 0 Å². The molecule has 0 aliphatic carbocycles. The van der Waals surface area contributed by atoms with Gasteiger partial charge >= 0.3 is 0 Å². The Labute approximate surface area is 196 Å². The summed E-state index contributed by atoms with van der Waals surface area (Å²) in [6.07, 6.45) is 0.182. The molecule has 1 N–H and O–H groups in total. The molecule has 166 valence electrons. The number of anilines is 1. The van der Waals surface area contributed by atoms with Gasteiger partial charge in [-0.15, -0.1) is 11.3 Å². The second-order valence-corrected chi connectivity index (χ2v) is 8.55. The van der Waals surface area contributed by atoms with Crippen LogP contribution in [0.1, 0.15) is 26.4 Å². The van der Waals surface area contributed by atoms with Gasteiger partial charge in [-0.25, -0.2) is 4.39 Å². The summed E-state index contributed by atoms with van der Waals surface area (Å²) in [5, 5.41) is 4.75. The van der Waals surface area contributed by atoms with Crippen LogP contribution in [0.3, 0.4) is 0 Å². The highest BCUT2D eigenvalue weighted by Gasteiger charge is 2.19. The van der Waals surface area contributed by atoms with Crippen molar-refractivity contribution < 1.29 is 14.0 Å². The van der Waals surface area contributed by atoms with Gasteiger partial charge in [-0.1, -0.05) is 60.7 Å². The smallest absolute Gasteiger partial charge is 0.268 e. The molecule has 0 radical (unpaired) electrons. The third-order valence-corrected chi connectivity index (χ3v) is 6.01. The van der Waals surface area contributed by atoms with Crippen molar-refractivity contribution in [3.05, 3.63) is 124 Å². The van der Waals surface area contributed by atoms with Gasteiger partial charge in [0.15, 0.2) is 0 Å². The Morgan fingerprint density at radius 3 is 2.30 bits per heavy atom. The molecule has 0 aliphatic heterocycles. The quantitative estimate of drug-likeness (QED) is 0.374. The molecule has 33 heavy (non-hydrogen) atoms. The Balaban J connectivity index is 1.49. The highest BCUT2D eigenvalue weighted by Crippen LogP contribution is 2.23. The zero-order chi connectivity index (χ0) is 23.0. The zero-order valence-electron chi connectivity index (χ0n) is 17.9. The minimum atomic E-state index is -0.306. The van der Waals surface area contributed by atoms with Crippen LogP contribution in [0.25, 0.3) is 0 Å². The van der Waals surface area contributed by atoms with E-state index in [9.17, 15) is 14.0 Å². The van der Waals surface area contributed by atoms with Crippen molar-refractivity contribution in [3.8, 4) is 0 Å². The largest absolute Gasteiger partial charge is 0.352 e. The van der Waals surface area contributed by atoms with E-state index in [1.165, 1.54) is 23.5 Å². The normalized spacial score (nSPS) is 10.6. The average Bonchev–Trinajstić information content (AvgIpc) is 3.38. The van der Waals surface area contributed by atoms with E-state index in [-0.39, 0.29) is 24.1 Å². The third-order valence-electron chi connectivity index (χ3n) is 5.15. The van der Waals surface area contributed by atoms with E-state index in [0.29, 0.717) is 18.0 Å². The first-order chi connectivity index (χ1) is 16.1. The fourth-order valence-electron chi connectivity index (χ4n) is 3.46. The molecule has 3 aromatic carbocycles. The predicted octanol–water partition coefficient (Wildman–Crippen LogP) is 5.59. The Hall–Kier alpha value is -3.77. The van der Waals surface area contributed by atoms with Gasteiger partial charge in [0, 0.05) is 12.2 Å². The van der Waals surface area contributed by atoms with Gasteiger partial charge < -0.3 is 10.2 Å². The maximum atomic E-state index is 13.3. The second kappa shape index (κ2) is 10.7. The van der Waals surface area contributed by atoms with E-state index < -0.39 is 0 Å². The maximum Gasteiger partial charge on any atom is 0.268 e. The molecule has 4 aromatic rings. The number of nitrogens with one attached hydrogen (secondary N) is 1. The van der Waals surface area contributed by atoms with Crippen molar-refractivity contribution in [2.75, 3.05) is 4.90 Å². The van der Waals surface area contributed by atoms with Crippen LogP contribution in [0, 0.1) is 5.82 Å². The molecule has 4 rings (SSSR count). The summed E-state index contributed by atoms with van der Waals surface area (Å²) in [4.78, 5) is 28.1. The third kappa shape index (κ3) is 6.14. The SMILES string of the molecule is O=C(Cc1cccc(N(Cc2ccccc2)C(=O)c2cccs2)c1)NCc1ccc(F)cc1. The van der Waals surface area contributed by atoms with Gasteiger partial charge in [-0.3, -0.25) is 9.59 Å². The number of halogens is 1. The van der Waals surface area contributed by atoms with E-state index in [4.69, 9.17) is 0 Å². The zero-order valence-corrected chi connectivity index (χ0v) is 18.7. The second-order valence-electron chi connectivity index (χ2n) is 7.60. The number of nitrogens with zero attached hydrogens (tertiary/aromatic N) is 1. The van der Waals surface area contributed by atoms with Gasteiger partial charge in [-0.05, 0) is 52.4 Å². The molecule has 0 atom stereocenters. The van der Waals surface area contributed by atoms with Gasteiger partial charge in [0.2, 0.25) is 5.91 Å². The van der Waals surface area contributed by atoms with E-state index in [2.05, 4.69) is 5.32 Å². The lowest BCUT2D eigenvalue weighted by atomic mass is 10.1. The number of carbonyl (C=O) groups is 2. The number of rotatable bonds is 8. The number of hydrogen-bond donors (Lipinski definition) is 1. The fourth-order valence-corrected chi connectivity index (χ4v) is 4.14. The van der Waals surface area contributed by atoms with Crippen molar-refractivity contribution in [2.45, 2.75) is 19.5 Å². The Morgan fingerprint density at radius 1 is 0.818 bits per heavy atom. The number of amides is 2. The van der Waals surface area contributed by atoms with Gasteiger partial charge in [0.25, 0.3) is 5.91 Å². The number of benzene rings is 3. The first kappa shape index (κ1) is 22.4. The topological polar surface area (TPSA) is 49.4 Å².